The monoisotopic (exact) mass is 853 g/mol. The molecule has 0 saturated carbocycles. The van der Waals surface area contributed by atoms with Gasteiger partial charge in [-0.25, -0.2) is 9.97 Å². The predicted molar refractivity (Wildman–Crippen MR) is 204 cm³/mol. The molecule has 8 heteroatoms. The Labute approximate surface area is 313 Å². The number of imidazole rings is 2. The molecule has 0 unspecified atom stereocenters. The number of ether oxygens (including phenoxy) is 1. The first-order valence-corrected chi connectivity index (χ1v) is 17.0. The summed E-state index contributed by atoms with van der Waals surface area (Å²) in [6.45, 7) is 8.82. The van der Waals surface area contributed by atoms with E-state index in [1.165, 1.54) is 44.5 Å². The maximum Gasteiger partial charge on any atom is 2.00 e. The third-order valence-corrected chi connectivity index (χ3v) is 10.2. The van der Waals surface area contributed by atoms with E-state index in [1.54, 1.807) is 12.5 Å². The minimum Gasteiger partial charge on any atom is -0.497 e. The molecule has 0 N–H and O–H groups in total. The molecule has 52 heavy (non-hydrogen) atoms. The SMILES string of the molecule is Cc1cccc(C)c1-c1ccc2c(c1-c1c(C)cccc1C)c1ccc(Oc3[c-]c4c(cc3)c3cncnc3n3ccnc43)[c-]c1c1nccn21.[Pt+2]. The molecule has 0 amide bonds. The fraction of sp³-hybridized carbons (Fsp3) is 0.0909. The van der Waals surface area contributed by atoms with Gasteiger partial charge in [-0.15, -0.1) is 12.1 Å². The normalized spacial score (nSPS) is 11.7. The molecule has 0 radical (unpaired) electrons. The smallest absolute Gasteiger partial charge is 0.497 e. The fourth-order valence-corrected chi connectivity index (χ4v) is 8.00. The number of benzene rings is 5. The van der Waals surface area contributed by atoms with Gasteiger partial charge in [0.05, 0.1) is 11.3 Å². The van der Waals surface area contributed by atoms with Crippen molar-refractivity contribution in [2.45, 2.75) is 27.7 Å². The van der Waals surface area contributed by atoms with E-state index >= 15 is 0 Å². The van der Waals surface area contributed by atoms with Crippen molar-refractivity contribution in [2.75, 3.05) is 0 Å². The number of aryl methyl sites for hydroxylation is 4. The third kappa shape index (κ3) is 4.69. The predicted octanol–water partition coefficient (Wildman–Crippen LogP) is 10.3. The molecule has 0 spiro atoms. The number of hydrogen-bond donors (Lipinski definition) is 0. The summed E-state index contributed by atoms with van der Waals surface area (Å²) in [5.41, 5.74) is 13.4. The Hall–Kier alpha value is -5.91. The van der Waals surface area contributed by atoms with Gasteiger partial charge in [0.15, 0.2) is 0 Å². The Morgan fingerprint density at radius 1 is 0.558 bits per heavy atom. The quantitative estimate of drug-likeness (QED) is 0.130. The molecule has 7 nitrogen and oxygen atoms in total. The Morgan fingerprint density at radius 3 is 1.85 bits per heavy atom. The van der Waals surface area contributed by atoms with Crippen molar-refractivity contribution in [1.29, 1.82) is 0 Å². The van der Waals surface area contributed by atoms with Crippen LogP contribution in [0, 0.1) is 39.8 Å². The van der Waals surface area contributed by atoms with Gasteiger partial charge in [-0.2, -0.15) is 0 Å². The topological polar surface area (TPSA) is 69.6 Å². The molecule has 10 rings (SSSR count). The first-order valence-electron chi connectivity index (χ1n) is 17.0. The van der Waals surface area contributed by atoms with Crippen LogP contribution in [0.1, 0.15) is 22.3 Å². The van der Waals surface area contributed by atoms with E-state index in [4.69, 9.17) is 9.72 Å². The average molecular weight is 854 g/mol. The summed E-state index contributed by atoms with van der Waals surface area (Å²) < 4.78 is 10.7. The number of fused-ring (bicyclic) bond motifs is 12. The second-order valence-electron chi connectivity index (χ2n) is 13.2. The summed E-state index contributed by atoms with van der Waals surface area (Å²) in [6, 6.07) is 32.8. The molecule has 0 aliphatic heterocycles. The van der Waals surface area contributed by atoms with E-state index in [0.717, 1.165) is 54.8 Å². The molecule has 0 aliphatic rings. The maximum atomic E-state index is 6.53. The minimum absolute atomic E-state index is 0. The zero-order valence-electron chi connectivity index (χ0n) is 28.8. The van der Waals surface area contributed by atoms with Crippen LogP contribution in [0.15, 0.2) is 110 Å². The molecular formula is C44H30N6OPt. The molecule has 0 aliphatic carbocycles. The molecule has 0 fully saturated rings. The first-order chi connectivity index (χ1) is 25.0. The Balaban J connectivity index is 0.00000360. The van der Waals surface area contributed by atoms with Crippen LogP contribution in [0.4, 0.5) is 0 Å². The van der Waals surface area contributed by atoms with Gasteiger partial charge in [0.25, 0.3) is 0 Å². The van der Waals surface area contributed by atoms with Gasteiger partial charge in [0.1, 0.15) is 12.0 Å². The van der Waals surface area contributed by atoms with Crippen LogP contribution >= 0.6 is 0 Å². The zero-order valence-corrected chi connectivity index (χ0v) is 31.1. The van der Waals surface area contributed by atoms with Gasteiger partial charge in [0.2, 0.25) is 0 Å². The Bertz CT molecular complexity index is 3030. The van der Waals surface area contributed by atoms with E-state index in [2.05, 4.69) is 114 Å². The fourth-order valence-electron chi connectivity index (χ4n) is 8.00. The molecule has 0 saturated heterocycles. The number of nitrogens with zero attached hydrogens (tertiary/aromatic N) is 6. The molecule has 0 atom stereocenters. The van der Waals surface area contributed by atoms with E-state index < -0.39 is 0 Å². The van der Waals surface area contributed by atoms with Crippen LogP contribution in [-0.2, 0) is 21.1 Å². The van der Waals surface area contributed by atoms with Crippen molar-refractivity contribution in [2.24, 2.45) is 0 Å². The van der Waals surface area contributed by atoms with Crippen LogP contribution < -0.4 is 4.74 Å². The second kappa shape index (κ2) is 12.1. The average Bonchev–Trinajstić information content (AvgIpc) is 3.84. The molecule has 5 heterocycles. The molecule has 5 aromatic heterocycles. The largest absolute Gasteiger partial charge is 2.00 e. The van der Waals surface area contributed by atoms with Crippen LogP contribution in [0.3, 0.4) is 0 Å². The number of aromatic nitrogens is 6. The summed E-state index contributed by atoms with van der Waals surface area (Å²) >= 11 is 0. The van der Waals surface area contributed by atoms with E-state index in [-0.39, 0.29) is 21.1 Å². The van der Waals surface area contributed by atoms with Crippen molar-refractivity contribution in [3.8, 4) is 33.8 Å². The van der Waals surface area contributed by atoms with Gasteiger partial charge in [-0.1, -0.05) is 88.3 Å². The van der Waals surface area contributed by atoms with Crippen molar-refractivity contribution < 1.29 is 25.8 Å². The van der Waals surface area contributed by atoms with Crippen molar-refractivity contribution in [3.63, 3.8) is 0 Å². The molecular weight excluding hydrogens is 824 g/mol. The van der Waals surface area contributed by atoms with Gasteiger partial charge in [0, 0.05) is 53.4 Å². The first kappa shape index (κ1) is 32.0. The molecule has 10 aromatic rings. The van der Waals surface area contributed by atoms with Gasteiger partial charge >= 0.3 is 21.1 Å². The van der Waals surface area contributed by atoms with Gasteiger partial charge in [-0.3, -0.25) is 9.97 Å². The van der Waals surface area contributed by atoms with E-state index in [0.29, 0.717) is 11.5 Å². The standard InChI is InChI=1S/C44H30N6O.Pt/c1-25-7-5-8-26(2)38(25)33-15-16-37-40(41(33)39-27(3)9-6-10-28(39)4)32-14-12-30(22-35(32)42-46-17-19-49(37)42)51-29-11-13-31-34(21-29)43-47-18-20-50(43)44-36(31)23-45-24-48-44;/h5-20,23-24H,1-4H3;/q-2;+2. The van der Waals surface area contributed by atoms with Crippen LogP contribution in [-0.4, -0.2) is 28.7 Å². The van der Waals surface area contributed by atoms with Crippen molar-refractivity contribution >= 4 is 54.8 Å². The number of pyridine rings is 2. The third-order valence-electron chi connectivity index (χ3n) is 10.2. The van der Waals surface area contributed by atoms with E-state index in [1.807, 2.05) is 47.4 Å². The second-order valence-corrected chi connectivity index (χ2v) is 13.2. The minimum atomic E-state index is 0. The Kier molecular flexibility index (Phi) is 7.46. The summed E-state index contributed by atoms with van der Waals surface area (Å²) in [5.74, 6) is 1.14. The van der Waals surface area contributed by atoms with Gasteiger partial charge in [-0.05, 0) is 83.7 Å². The van der Waals surface area contributed by atoms with Crippen LogP contribution in [0.25, 0.3) is 77.0 Å². The molecule has 252 valence electrons. The molecule has 0 bridgehead atoms. The van der Waals surface area contributed by atoms with E-state index in [9.17, 15) is 0 Å². The Morgan fingerprint density at radius 2 is 1.15 bits per heavy atom. The number of rotatable bonds is 4. The molecule has 5 aromatic carbocycles. The van der Waals surface area contributed by atoms with Gasteiger partial charge < -0.3 is 13.5 Å². The van der Waals surface area contributed by atoms with Crippen molar-refractivity contribution in [3.05, 3.63) is 144 Å². The van der Waals surface area contributed by atoms with Crippen molar-refractivity contribution in [1.82, 2.24) is 28.7 Å². The number of hydrogen-bond acceptors (Lipinski definition) is 5. The zero-order chi connectivity index (χ0) is 34.4. The summed E-state index contributed by atoms with van der Waals surface area (Å²) in [5, 5.41) is 5.82. The summed E-state index contributed by atoms with van der Waals surface area (Å²) in [7, 11) is 0. The summed E-state index contributed by atoms with van der Waals surface area (Å²) in [4.78, 5) is 18.3. The van der Waals surface area contributed by atoms with Crippen LogP contribution in [0.5, 0.6) is 11.5 Å². The van der Waals surface area contributed by atoms with Crippen LogP contribution in [0.2, 0.25) is 0 Å². The maximum absolute atomic E-state index is 6.53. The summed E-state index contributed by atoms with van der Waals surface area (Å²) in [6.07, 6.45) is 10.9.